The molecular formula is C22H18BrNO. The molecule has 1 aliphatic rings. The van der Waals surface area contributed by atoms with E-state index in [1.807, 2.05) is 60.7 Å². The Morgan fingerprint density at radius 1 is 0.840 bits per heavy atom. The van der Waals surface area contributed by atoms with Crippen LogP contribution < -0.4 is 5.32 Å². The summed E-state index contributed by atoms with van der Waals surface area (Å²) in [6, 6.07) is 28.4. The summed E-state index contributed by atoms with van der Waals surface area (Å²) in [6.45, 7) is 0. The Labute approximate surface area is 156 Å². The van der Waals surface area contributed by atoms with E-state index in [4.69, 9.17) is 0 Å². The SMILES string of the molecule is O=C(Nc1ccc(Br)cc1)[C@@H]1CC1(c1ccccc1)c1ccccc1. The Hall–Kier alpha value is -2.39. The first kappa shape index (κ1) is 16.1. The summed E-state index contributed by atoms with van der Waals surface area (Å²) < 4.78 is 1.000. The lowest BCUT2D eigenvalue weighted by molar-refractivity contribution is -0.117. The van der Waals surface area contributed by atoms with Crippen LogP contribution in [0.1, 0.15) is 17.5 Å². The Morgan fingerprint density at radius 2 is 1.36 bits per heavy atom. The van der Waals surface area contributed by atoms with Crippen LogP contribution >= 0.6 is 15.9 Å². The lowest BCUT2D eigenvalue weighted by Gasteiger charge is -2.19. The molecular weight excluding hydrogens is 374 g/mol. The highest BCUT2D eigenvalue weighted by Crippen LogP contribution is 2.59. The number of rotatable bonds is 4. The molecule has 0 spiro atoms. The van der Waals surface area contributed by atoms with Crippen molar-refractivity contribution in [1.82, 2.24) is 0 Å². The zero-order valence-corrected chi connectivity index (χ0v) is 15.2. The van der Waals surface area contributed by atoms with E-state index in [9.17, 15) is 4.79 Å². The van der Waals surface area contributed by atoms with Gasteiger partial charge in [0, 0.05) is 15.6 Å². The van der Waals surface area contributed by atoms with Crippen molar-refractivity contribution in [3.63, 3.8) is 0 Å². The molecule has 4 rings (SSSR count). The number of carbonyl (C=O) groups excluding carboxylic acids is 1. The van der Waals surface area contributed by atoms with E-state index in [1.54, 1.807) is 0 Å². The maximum Gasteiger partial charge on any atom is 0.228 e. The predicted octanol–water partition coefficient (Wildman–Crippen LogP) is 5.39. The quantitative estimate of drug-likeness (QED) is 0.634. The molecule has 0 unspecified atom stereocenters. The number of hydrogen-bond acceptors (Lipinski definition) is 1. The number of hydrogen-bond donors (Lipinski definition) is 1. The van der Waals surface area contributed by atoms with Crippen LogP contribution in [0.2, 0.25) is 0 Å². The zero-order chi connectivity index (χ0) is 17.3. The summed E-state index contributed by atoms with van der Waals surface area (Å²) >= 11 is 3.42. The first-order valence-corrected chi connectivity index (χ1v) is 9.17. The molecule has 0 aliphatic heterocycles. The van der Waals surface area contributed by atoms with Gasteiger partial charge in [0.25, 0.3) is 0 Å². The van der Waals surface area contributed by atoms with Crippen LogP contribution in [0, 0.1) is 5.92 Å². The van der Waals surface area contributed by atoms with E-state index in [1.165, 1.54) is 11.1 Å². The lowest BCUT2D eigenvalue weighted by atomic mass is 9.85. The summed E-state index contributed by atoms with van der Waals surface area (Å²) in [6.07, 6.45) is 0.837. The van der Waals surface area contributed by atoms with Crippen molar-refractivity contribution in [2.24, 2.45) is 5.92 Å². The highest BCUT2D eigenvalue weighted by atomic mass is 79.9. The molecule has 1 N–H and O–H groups in total. The summed E-state index contributed by atoms with van der Waals surface area (Å²) in [5.74, 6) is 0.0241. The molecule has 25 heavy (non-hydrogen) atoms. The maximum atomic E-state index is 12.9. The fourth-order valence-electron chi connectivity index (χ4n) is 3.62. The van der Waals surface area contributed by atoms with E-state index < -0.39 is 0 Å². The van der Waals surface area contributed by atoms with E-state index >= 15 is 0 Å². The summed E-state index contributed by atoms with van der Waals surface area (Å²) in [7, 11) is 0. The van der Waals surface area contributed by atoms with Crippen LogP contribution in [-0.4, -0.2) is 5.91 Å². The third kappa shape index (κ3) is 3.00. The number of halogens is 1. The third-order valence-electron chi connectivity index (χ3n) is 4.97. The maximum absolute atomic E-state index is 12.9. The van der Waals surface area contributed by atoms with Crippen molar-refractivity contribution in [2.75, 3.05) is 5.32 Å². The summed E-state index contributed by atoms with van der Waals surface area (Å²) in [5, 5.41) is 3.07. The molecule has 1 atom stereocenters. The number of anilines is 1. The largest absolute Gasteiger partial charge is 0.326 e. The molecule has 0 bridgehead atoms. The van der Waals surface area contributed by atoms with Crippen LogP contribution in [0.5, 0.6) is 0 Å². The average Bonchev–Trinajstić information content (AvgIpc) is 3.42. The molecule has 3 heteroatoms. The van der Waals surface area contributed by atoms with Gasteiger partial charge in [0.1, 0.15) is 0 Å². The molecule has 0 saturated heterocycles. The van der Waals surface area contributed by atoms with Gasteiger partial charge in [0.15, 0.2) is 0 Å². The second-order valence-electron chi connectivity index (χ2n) is 6.46. The van der Waals surface area contributed by atoms with Gasteiger partial charge < -0.3 is 5.32 Å². The normalized spacial score (nSPS) is 17.7. The van der Waals surface area contributed by atoms with Crippen molar-refractivity contribution < 1.29 is 4.79 Å². The van der Waals surface area contributed by atoms with Gasteiger partial charge in [-0.05, 0) is 41.8 Å². The van der Waals surface area contributed by atoms with Gasteiger partial charge in [0.05, 0.1) is 5.92 Å². The molecule has 0 heterocycles. The topological polar surface area (TPSA) is 29.1 Å². The monoisotopic (exact) mass is 391 g/mol. The first-order valence-electron chi connectivity index (χ1n) is 8.37. The third-order valence-corrected chi connectivity index (χ3v) is 5.50. The fraction of sp³-hybridized carbons (Fsp3) is 0.136. The van der Waals surface area contributed by atoms with Gasteiger partial charge in [0.2, 0.25) is 5.91 Å². The van der Waals surface area contributed by atoms with Crippen LogP contribution in [0.25, 0.3) is 0 Å². The minimum atomic E-state index is -0.220. The predicted molar refractivity (Wildman–Crippen MR) is 105 cm³/mol. The molecule has 0 radical (unpaired) electrons. The van der Waals surface area contributed by atoms with E-state index in [0.29, 0.717) is 0 Å². The van der Waals surface area contributed by atoms with Crippen molar-refractivity contribution in [1.29, 1.82) is 0 Å². The highest BCUT2D eigenvalue weighted by Gasteiger charge is 2.60. The zero-order valence-electron chi connectivity index (χ0n) is 13.7. The van der Waals surface area contributed by atoms with Gasteiger partial charge in [-0.3, -0.25) is 4.79 Å². The Morgan fingerprint density at radius 3 is 1.88 bits per heavy atom. The van der Waals surface area contributed by atoms with Gasteiger partial charge in [-0.15, -0.1) is 0 Å². The van der Waals surface area contributed by atoms with Gasteiger partial charge in [-0.2, -0.15) is 0 Å². The van der Waals surface area contributed by atoms with Gasteiger partial charge >= 0.3 is 0 Å². The Bertz CT molecular complexity index is 835. The fourth-order valence-corrected chi connectivity index (χ4v) is 3.88. The highest BCUT2D eigenvalue weighted by molar-refractivity contribution is 9.10. The molecule has 2 nitrogen and oxygen atoms in total. The molecule has 124 valence electrons. The molecule has 1 fully saturated rings. The Balaban J connectivity index is 1.64. The molecule has 0 aromatic heterocycles. The van der Waals surface area contributed by atoms with Crippen LogP contribution in [0.3, 0.4) is 0 Å². The van der Waals surface area contributed by atoms with Gasteiger partial charge in [-0.1, -0.05) is 76.6 Å². The van der Waals surface area contributed by atoms with E-state index in [2.05, 4.69) is 45.5 Å². The molecule has 1 amide bonds. The summed E-state index contributed by atoms with van der Waals surface area (Å²) in [4.78, 5) is 12.9. The number of amides is 1. The van der Waals surface area contributed by atoms with Gasteiger partial charge in [-0.25, -0.2) is 0 Å². The summed E-state index contributed by atoms with van der Waals surface area (Å²) in [5.41, 5.74) is 3.02. The minimum absolute atomic E-state index is 0.0547. The number of nitrogens with one attached hydrogen (secondary N) is 1. The molecule has 1 aliphatic carbocycles. The Kier molecular flexibility index (Phi) is 4.18. The lowest BCUT2D eigenvalue weighted by Crippen LogP contribution is -2.22. The smallest absolute Gasteiger partial charge is 0.228 e. The molecule has 3 aromatic carbocycles. The second kappa shape index (κ2) is 6.49. The van der Waals surface area contributed by atoms with Crippen LogP contribution in [-0.2, 0) is 10.2 Å². The average molecular weight is 392 g/mol. The van der Waals surface area contributed by atoms with E-state index in [0.717, 1.165) is 16.6 Å². The minimum Gasteiger partial charge on any atom is -0.326 e. The first-order chi connectivity index (χ1) is 12.2. The van der Waals surface area contributed by atoms with Crippen molar-refractivity contribution in [2.45, 2.75) is 11.8 Å². The van der Waals surface area contributed by atoms with Crippen molar-refractivity contribution >= 4 is 27.5 Å². The molecule has 3 aromatic rings. The second-order valence-corrected chi connectivity index (χ2v) is 7.37. The van der Waals surface area contributed by atoms with Crippen molar-refractivity contribution in [3.05, 3.63) is 101 Å². The van der Waals surface area contributed by atoms with E-state index in [-0.39, 0.29) is 17.2 Å². The number of carbonyl (C=O) groups is 1. The molecule has 1 saturated carbocycles. The number of benzene rings is 3. The van der Waals surface area contributed by atoms with Crippen LogP contribution in [0.4, 0.5) is 5.69 Å². The standard InChI is InChI=1S/C22H18BrNO/c23-18-11-13-19(14-12-18)24-21(25)20-15-22(20,16-7-3-1-4-8-16)17-9-5-2-6-10-17/h1-14,20H,15H2,(H,24,25)/t20-/m0/s1. The van der Waals surface area contributed by atoms with Crippen molar-refractivity contribution in [3.8, 4) is 0 Å². The van der Waals surface area contributed by atoms with Crippen LogP contribution in [0.15, 0.2) is 89.4 Å².